The summed E-state index contributed by atoms with van der Waals surface area (Å²) in [5, 5.41) is 9.51. The van der Waals surface area contributed by atoms with E-state index in [9.17, 15) is 9.90 Å². The highest BCUT2D eigenvalue weighted by Gasteiger charge is 2.51. The van der Waals surface area contributed by atoms with Gasteiger partial charge in [0, 0.05) is 5.56 Å². The molecule has 1 saturated carbocycles. The van der Waals surface area contributed by atoms with Gasteiger partial charge in [-0.15, -0.1) is 0 Å². The SMILES string of the molecule is COc1ccc(C)cc1C1(C(=O)O)CC(C)C1. The monoisotopic (exact) mass is 234 g/mol. The second kappa shape index (κ2) is 4.06. The second-order valence-corrected chi connectivity index (χ2v) is 5.10. The quantitative estimate of drug-likeness (QED) is 0.874. The normalized spacial score (nSPS) is 27.4. The van der Waals surface area contributed by atoms with Gasteiger partial charge in [-0.05, 0) is 31.7 Å². The highest BCUT2D eigenvalue weighted by Crippen LogP contribution is 2.50. The molecule has 0 heterocycles. The van der Waals surface area contributed by atoms with Crippen LogP contribution in [0.25, 0.3) is 0 Å². The molecule has 92 valence electrons. The lowest BCUT2D eigenvalue weighted by Gasteiger charge is -2.43. The van der Waals surface area contributed by atoms with Crippen LogP contribution in [-0.4, -0.2) is 18.2 Å². The molecule has 1 fully saturated rings. The molecule has 0 aliphatic heterocycles. The number of ether oxygens (including phenoxy) is 1. The summed E-state index contributed by atoms with van der Waals surface area (Å²) >= 11 is 0. The Morgan fingerprint density at radius 3 is 2.59 bits per heavy atom. The first-order valence-corrected chi connectivity index (χ1v) is 5.88. The van der Waals surface area contributed by atoms with Crippen molar-refractivity contribution in [3.05, 3.63) is 29.3 Å². The Morgan fingerprint density at radius 2 is 2.12 bits per heavy atom. The average Bonchev–Trinajstić information content (AvgIpc) is 2.24. The molecule has 17 heavy (non-hydrogen) atoms. The molecule has 2 rings (SSSR count). The summed E-state index contributed by atoms with van der Waals surface area (Å²) in [6.45, 7) is 4.06. The van der Waals surface area contributed by atoms with Gasteiger partial charge in [0.1, 0.15) is 5.75 Å². The van der Waals surface area contributed by atoms with Gasteiger partial charge < -0.3 is 9.84 Å². The first-order chi connectivity index (χ1) is 7.99. The van der Waals surface area contributed by atoms with Crippen LogP contribution in [-0.2, 0) is 10.2 Å². The molecule has 0 radical (unpaired) electrons. The fourth-order valence-corrected chi connectivity index (χ4v) is 2.84. The third kappa shape index (κ3) is 1.79. The maximum atomic E-state index is 11.6. The van der Waals surface area contributed by atoms with Crippen LogP contribution in [0.15, 0.2) is 18.2 Å². The zero-order valence-corrected chi connectivity index (χ0v) is 10.5. The van der Waals surface area contributed by atoms with Crippen molar-refractivity contribution in [1.29, 1.82) is 0 Å². The molecule has 1 aliphatic rings. The molecule has 3 nitrogen and oxygen atoms in total. The molecule has 0 unspecified atom stereocenters. The first-order valence-electron chi connectivity index (χ1n) is 5.88. The van der Waals surface area contributed by atoms with E-state index in [4.69, 9.17) is 4.74 Å². The molecule has 1 N–H and O–H groups in total. The molecule has 0 spiro atoms. The molecule has 0 bridgehead atoms. The lowest BCUT2D eigenvalue weighted by Crippen LogP contribution is -2.47. The Labute approximate surface area is 101 Å². The number of carboxylic acid groups (broad SMARTS) is 1. The summed E-state index contributed by atoms with van der Waals surface area (Å²) in [6.07, 6.45) is 1.39. The minimum absolute atomic E-state index is 0.469. The number of hydrogen-bond donors (Lipinski definition) is 1. The van der Waals surface area contributed by atoms with E-state index in [1.54, 1.807) is 7.11 Å². The maximum absolute atomic E-state index is 11.6. The largest absolute Gasteiger partial charge is 0.496 e. The van der Waals surface area contributed by atoms with Crippen molar-refractivity contribution in [2.75, 3.05) is 7.11 Å². The van der Waals surface area contributed by atoms with E-state index in [1.807, 2.05) is 25.1 Å². The molecule has 1 aromatic carbocycles. The highest BCUT2D eigenvalue weighted by atomic mass is 16.5. The number of rotatable bonds is 3. The van der Waals surface area contributed by atoms with Gasteiger partial charge in [0.05, 0.1) is 12.5 Å². The highest BCUT2D eigenvalue weighted by molar-refractivity contribution is 5.84. The fourth-order valence-electron chi connectivity index (χ4n) is 2.84. The van der Waals surface area contributed by atoms with Crippen LogP contribution in [0.2, 0.25) is 0 Å². The van der Waals surface area contributed by atoms with Gasteiger partial charge in [-0.2, -0.15) is 0 Å². The predicted octanol–water partition coefficient (Wildman–Crippen LogP) is 2.76. The second-order valence-electron chi connectivity index (χ2n) is 5.10. The van der Waals surface area contributed by atoms with Gasteiger partial charge in [0.15, 0.2) is 0 Å². The van der Waals surface area contributed by atoms with Crippen molar-refractivity contribution in [3.63, 3.8) is 0 Å². The zero-order valence-electron chi connectivity index (χ0n) is 10.5. The van der Waals surface area contributed by atoms with Crippen LogP contribution >= 0.6 is 0 Å². The van der Waals surface area contributed by atoms with E-state index < -0.39 is 11.4 Å². The molecule has 0 aromatic heterocycles. The summed E-state index contributed by atoms with van der Waals surface area (Å²) in [5.74, 6) is 0.417. The Hall–Kier alpha value is -1.51. The first kappa shape index (κ1) is 12.0. The van der Waals surface area contributed by atoms with Gasteiger partial charge in [0.25, 0.3) is 0 Å². The van der Waals surface area contributed by atoms with E-state index in [0.29, 0.717) is 24.5 Å². The standard InChI is InChI=1S/C14H18O3/c1-9-4-5-12(17-3)11(6-9)14(13(15)16)7-10(2)8-14/h4-6,10H,7-8H2,1-3H3,(H,15,16). The smallest absolute Gasteiger partial charge is 0.314 e. The van der Waals surface area contributed by atoms with Crippen LogP contribution in [0, 0.1) is 12.8 Å². The van der Waals surface area contributed by atoms with Crippen LogP contribution < -0.4 is 4.74 Å². The number of hydrogen-bond acceptors (Lipinski definition) is 2. The summed E-state index contributed by atoms with van der Waals surface area (Å²) in [5.41, 5.74) is 1.16. The van der Waals surface area contributed by atoms with Gasteiger partial charge >= 0.3 is 5.97 Å². The van der Waals surface area contributed by atoms with Crippen LogP contribution in [0.5, 0.6) is 5.75 Å². The number of benzene rings is 1. The van der Waals surface area contributed by atoms with E-state index in [1.165, 1.54) is 0 Å². The van der Waals surface area contributed by atoms with E-state index in [-0.39, 0.29) is 0 Å². The fraction of sp³-hybridized carbons (Fsp3) is 0.500. The van der Waals surface area contributed by atoms with Crippen molar-refractivity contribution in [2.45, 2.75) is 32.1 Å². The third-order valence-electron chi connectivity index (χ3n) is 3.67. The van der Waals surface area contributed by atoms with Crippen LogP contribution in [0.1, 0.15) is 30.9 Å². The summed E-state index contributed by atoms with van der Waals surface area (Å²) in [4.78, 5) is 11.6. The summed E-state index contributed by atoms with van der Waals surface area (Å²) in [7, 11) is 1.59. The van der Waals surface area contributed by atoms with Crippen molar-refractivity contribution in [2.24, 2.45) is 5.92 Å². The Kier molecular flexibility index (Phi) is 2.86. The predicted molar refractivity (Wildman–Crippen MR) is 65.4 cm³/mol. The number of aliphatic carboxylic acids is 1. The lowest BCUT2D eigenvalue weighted by atomic mass is 9.59. The molecule has 1 aromatic rings. The van der Waals surface area contributed by atoms with Gasteiger partial charge in [-0.1, -0.05) is 24.6 Å². The van der Waals surface area contributed by atoms with Crippen molar-refractivity contribution < 1.29 is 14.6 Å². The van der Waals surface area contributed by atoms with Crippen molar-refractivity contribution in [1.82, 2.24) is 0 Å². The number of methoxy groups -OCH3 is 1. The topological polar surface area (TPSA) is 46.5 Å². The molecule has 3 heteroatoms. The Morgan fingerprint density at radius 1 is 1.47 bits per heavy atom. The van der Waals surface area contributed by atoms with Crippen molar-refractivity contribution in [3.8, 4) is 5.75 Å². The number of carboxylic acids is 1. The Bertz CT molecular complexity index is 445. The summed E-state index contributed by atoms with van der Waals surface area (Å²) in [6, 6.07) is 5.75. The van der Waals surface area contributed by atoms with Crippen LogP contribution in [0.4, 0.5) is 0 Å². The number of aryl methyl sites for hydroxylation is 1. The van der Waals surface area contributed by atoms with Gasteiger partial charge in [-0.3, -0.25) is 4.79 Å². The van der Waals surface area contributed by atoms with E-state index in [2.05, 4.69) is 6.92 Å². The van der Waals surface area contributed by atoms with Crippen LogP contribution in [0.3, 0.4) is 0 Å². The summed E-state index contributed by atoms with van der Waals surface area (Å²) < 4.78 is 5.30. The molecular formula is C14H18O3. The number of carbonyl (C=O) groups is 1. The molecule has 1 aliphatic carbocycles. The third-order valence-corrected chi connectivity index (χ3v) is 3.67. The molecule has 0 amide bonds. The molecule has 0 atom stereocenters. The van der Waals surface area contributed by atoms with E-state index in [0.717, 1.165) is 11.1 Å². The van der Waals surface area contributed by atoms with Gasteiger partial charge in [-0.25, -0.2) is 0 Å². The van der Waals surface area contributed by atoms with Gasteiger partial charge in [0.2, 0.25) is 0 Å². The average molecular weight is 234 g/mol. The molecular weight excluding hydrogens is 216 g/mol. The lowest BCUT2D eigenvalue weighted by molar-refractivity contribution is -0.149. The minimum Gasteiger partial charge on any atom is -0.496 e. The minimum atomic E-state index is -0.739. The van der Waals surface area contributed by atoms with Crippen molar-refractivity contribution >= 4 is 5.97 Å². The Balaban J connectivity index is 2.50. The molecule has 0 saturated heterocycles. The van der Waals surface area contributed by atoms with E-state index >= 15 is 0 Å². The zero-order chi connectivity index (χ0) is 12.6. The maximum Gasteiger partial charge on any atom is 0.314 e.